The maximum Gasteiger partial charge on any atom is 0.256 e. The van der Waals surface area contributed by atoms with Crippen LogP contribution in [0.2, 0.25) is 0 Å². The van der Waals surface area contributed by atoms with Crippen molar-refractivity contribution in [3.8, 4) is 0 Å². The van der Waals surface area contributed by atoms with Gasteiger partial charge in [-0.3, -0.25) is 4.79 Å². The molecule has 0 radical (unpaired) electrons. The molecule has 0 fully saturated rings. The topological polar surface area (TPSA) is 71.8 Å². The Hall–Kier alpha value is -2.48. The number of carbonyl (C=O) groups excluding carboxylic acids is 1. The SMILES string of the molecule is CNc1snc(C)c1C(=O)NCCc1nc2ccc(F)cc2n1C. The summed E-state index contributed by atoms with van der Waals surface area (Å²) in [4.78, 5) is 16.8. The first-order valence-corrected chi connectivity index (χ1v) is 8.31. The molecule has 2 heterocycles. The van der Waals surface area contributed by atoms with Crippen LogP contribution < -0.4 is 10.6 Å². The van der Waals surface area contributed by atoms with Crippen LogP contribution in [0.25, 0.3) is 11.0 Å². The van der Waals surface area contributed by atoms with Crippen molar-refractivity contribution in [1.82, 2.24) is 19.2 Å². The second-order valence-electron chi connectivity index (χ2n) is 5.45. The zero-order valence-corrected chi connectivity index (χ0v) is 14.5. The molecule has 8 heteroatoms. The molecule has 0 atom stereocenters. The minimum atomic E-state index is -0.287. The molecular weight excluding hydrogens is 329 g/mol. The number of aryl methyl sites for hydroxylation is 2. The standard InChI is InChI=1S/C16H18FN5OS/c1-9-14(16(18-2)24-21-9)15(23)19-7-6-13-20-11-5-4-10(17)8-12(11)22(13)3/h4-5,8,18H,6-7H2,1-3H3,(H,19,23). The summed E-state index contributed by atoms with van der Waals surface area (Å²) < 4.78 is 19.4. The summed E-state index contributed by atoms with van der Waals surface area (Å²) in [5.41, 5.74) is 2.77. The second-order valence-corrected chi connectivity index (χ2v) is 6.22. The third kappa shape index (κ3) is 2.96. The lowest BCUT2D eigenvalue weighted by Crippen LogP contribution is -2.27. The van der Waals surface area contributed by atoms with E-state index in [-0.39, 0.29) is 11.7 Å². The number of nitrogens with zero attached hydrogens (tertiary/aromatic N) is 3. The van der Waals surface area contributed by atoms with E-state index in [1.165, 1.54) is 23.7 Å². The highest BCUT2D eigenvalue weighted by atomic mass is 32.1. The first kappa shape index (κ1) is 16.4. The predicted octanol–water partition coefficient (Wildman–Crippen LogP) is 2.49. The highest BCUT2D eigenvalue weighted by Crippen LogP contribution is 2.23. The van der Waals surface area contributed by atoms with Crippen LogP contribution in [-0.4, -0.2) is 33.4 Å². The molecule has 0 saturated heterocycles. The molecular formula is C16H18FN5OS. The lowest BCUT2D eigenvalue weighted by molar-refractivity contribution is 0.0954. The van der Waals surface area contributed by atoms with Crippen LogP contribution >= 0.6 is 11.5 Å². The number of rotatable bonds is 5. The van der Waals surface area contributed by atoms with Crippen molar-refractivity contribution >= 4 is 33.5 Å². The van der Waals surface area contributed by atoms with Crippen LogP contribution in [0.4, 0.5) is 9.39 Å². The van der Waals surface area contributed by atoms with Crippen molar-refractivity contribution in [3.05, 3.63) is 41.1 Å². The quantitative estimate of drug-likeness (QED) is 0.744. The third-order valence-corrected chi connectivity index (χ3v) is 4.84. The number of aromatic nitrogens is 3. The fourth-order valence-electron chi connectivity index (χ4n) is 2.62. The first-order chi connectivity index (χ1) is 11.5. The fraction of sp³-hybridized carbons (Fsp3) is 0.312. The first-order valence-electron chi connectivity index (χ1n) is 7.54. The summed E-state index contributed by atoms with van der Waals surface area (Å²) in [6, 6.07) is 4.52. The van der Waals surface area contributed by atoms with E-state index in [0.717, 1.165) is 21.9 Å². The Balaban J connectivity index is 1.69. The van der Waals surface area contributed by atoms with Gasteiger partial charge in [0, 0.05) is 27.1 Å². The van der Waals surface area contributed by atoms with E-state index in [1.807, 2.05) is 18.5 Å². The summed E-state index contributed by atoms with van der Waals surface area (Å²) >= 11 is 1.27. The number of imidazole rings is 1. The van der Waals surface area contributed by atoms with Crippen molar-refractivity contribution in [3.63, 3.8) is 0 Å². The van der Waals surface area contributed by atoms with Crippen LogP contribution in [0.3, 0.4) is 0 Å². The van der Waals surface area contributed by atoms with Gasteiger partial charge in [0.15, 0.2) is 0 Å². The number of amides is 1. The normalized spacial score (nSPS) is 11.0. The Labute approximate surface area is 142 Å². The number of carbonyl (C=O) groups is 1. The highest BCUT2D eigenvalue weighted by Gasteiger charge is 2.17. The van der Waals surface area contributed by atoms with Gasteiger partial charge < -0.3 is 15.2 Å². The summed E-state index contributed by atoms with van der Waals surface area (Å²) in [5.74, 6) is 0.352. The maximum absolute atomic E-state index is 13.3. The van der Waals surface area contributed by atoms with Crippen molar-refractivity contribution in [2.24, 2.45) is 7.05 Å². The van der Waals surface area contributed by atoms with Crippen LogP contribution in [-0.2, 0) is 13.5 Å². The van der Waals surface area contributed by atoms with E-state index in [2.05, 4.69) is 20.0 Å². The fourth-order valence-corrected chi connectivity index (χ4v) is 3.36. The molecule has 0 spiro atoms. The molecule has 3 aromatic rings. The molecule has 0 aliphatic carbocycles. The average Bonchev–Trinajstić information content (AvgIpc) is 3.08. The van der Waals surface area contributed by atoms with Gasteiger partial charge in [-0.15, -0.1) is 0 Å². The van der Waals surface area contributed by atoms with E-state index in [1.54, 1.807) is 13.1 Å². The molecule has 0 saturated carbocycles. The largest absolute Gasteiger partial charge is 0.378 e. The van der Waals surface area contributed by atoms with Gasteiger partial charge in [0.1, 0.15) is 16.6 Å². The Morgan fingerprint density at radius 1 is 1.42 bits per heavy atom. The summed E-state index contributed by atoms with van der Waals surface area (Å²) in [5, 5.41) is 6.63. The van der Waals surface area contributed by atoms with Gasteiger partial charge in [-0.25, -0.2) is 9.37 Å². The summed E-state index contributed by atoms with van der Waals surface area (Å²) in [6.45, 7) is 2.25. The molecule has 1 amide bonds. The monoisotopic (exact) mass is 347 g/mol. The minimum absolute atomic E-state index is 0.157. The van der Waals surface area contributed by atoms with E-state index < -0.39 is 0 Å². The van der Waals surface area contributed by atoms with Crippen molar-refractivity contribution < 1.29 is 9.18 Å². The third-order valence-electron chi connectivity index (χ3n) is 3.89. The van der Waals surface area contributed by atoms with Gasteiger partial charge >= 0.3 is 0 Å². The smallest absolute Gasteiger partial charge is 0.256 e. The predicted molar refractivity (Wildman–Crippen MR) is 93.1 cm³/mol. The molecule has 0 bridgehead atoms. The lowest BCUT2D eigenvalue weighted by atomic mass is 10.2. The number of anilines is 1. The van der Waals surface area contributed by atoms with E-state index in [0.29, 0.717) is 24.2 Å². The van der Waals surface area contributed by atoms with Gasteiger partial charge in [-0.05, 0) is 36.7 Å². The van der Waals surface area contributed by atoms with Crippen molar-refractivity contribution in [1.29, 1.82) is 0 Å². The highest BCUT2D eigenvalue weighted by molar-refractivity contribution is 7.10. The Morgan fingerprint density at radius 2 is 2.21 bits per heavy atom. The molecule has 0 aliphatic rings. The molecule has 6 nitrogen and oxygen atoms in total. The van der Waals surface area contributed by atoms with Crippen molar-refractivity contribution in [2.45, 2.75) is 13.3 Å². The van der Waals surface area contributed by atoms with E-state index in [9.17, 15) is 9.18 Å². The molecule has 0 unspecified atom stereocenters. The zero-order valence-electron chi connectivity index (χ0n) is 13.7. The van der Waals surface area contributed by atoms with E-state index >= 15 is 0 Å². The average molecular weight is 347 g/mol. The van der Waals surface area contributed by atoms with Gasteiger partial charge in [-0.2, -0.15) is 4.37 Å². The molecule has 0 aliphatic heterocycles. The van der Waals surface area contributed by atoms with Gasteiger partial charge in [-0.1, -0.05) is 0 Å². The number of hydrogen-bond acceptors (Lipinski definition) is 5. The lowest BCUT2D eigenvalue weighted by Gasteiger charge is -2.07. The van der Waals surface area contributed by atoms with Crippen LogP contribution in [0.5, 0.6) is 0 Å². The number of nitrogens with one attached hydrogen (secondary N) is 2. The Bertz CT molecular complexity index is 901. The number of halogens is 1. The molecule has 126 valence electrons. The zero-order chi connectivity index (χ0) is 17.3. The minimum Gasteiger partial charge on any atom is -0.378 e. The molecule has 3 rings (SSSR count). The van der Waals surface area contributed by atoms with E-state index in [4.69, 9.17) is 0 Å². The summed E-state index contributed by atoms with van der Waals surface area (Å²) in [7, 11) is 3.61. The van der Waals surface area contributed by atoms with Crippen molar-refractivity contribution in [2.75, 3.05) is 18.9 Å². The van der Waals surface area contributed by atoms with Gasteiger partial charge in [0.05, 0.1) is 22.3 Å². The molecule has 1 aromatic carbocycles. The number of benzene rings is 1. The second kappa shape index (κ2) is 6.56. The van der Waals surface area contributed by atoms with Crippen LogP contribution in [0.15, 0.2) is 18.2 Å². The Morgan fingerprint density at radius 3 is 2.96 bits per heavy atom. The van der Waals surface area contributed by atoms with Gasteiger partial charge in [0.2, 0.25) is 0 Å². The van der Waals surface area contributed by atoms with Crippen LogP contribution in [0.1, 0.15) is 21.9 Å². The molecule has 24 heavy (non-hydrogen) atoms. The maximum atomic E-state index is 13.3. The Kier molecular flexibility index (Phi) is 4.48. The summed E-state index contributed by atoms with van der Waals surface area (Å²) in [6.07, 6.45) is 0.560. The van der Waals surface area contributed by atoms with Crippen LogP contribution in [0, 0.1) is 12.7 Å². The number of fused-ring (bicyclic) bond motifs is 1. The molecule has 2 N–H and O–H groups in total. The molecule has 2 aromatic heterocycles. The number of hydrogen-bond donors (Lipinski definition) is 2. The van der Waals surface area contributed by atoms with Gasteiger partial charge in [0.25, 0.3) is 5.91 Å².